The van der Waals surface area contributed by atoms with Crippen LogP contribution in [-0.2, 0) is 17.7 Å². The van der Waals surface area contributed by atoms with Crippen LogP contribution < -0.4 is 10.2 Å². The van der Waals surface area contributed by atoms with Crippen LogP contribution in [0.4, 0.5) is 17.3 Å². The van der Waals surface area contributed by atoms with Crippen LogP contribution in [0.15, 0.2) is 66.9 Å². The Labute approximate surface area is 213 Å². The van der Waals surface area contributed by atoms with Gasteiger partial charge in [-0.15, -0.1) is 5.10 Å². The first-order chi connectivity index (χ1) is 17.5. The molecule has 0 saturated carbocycles. The largest absolute Gasteiger partial charge is 0.369 e. The molecule has 0 aliphatic carbocycles. The van der Waals surface area contributed by atoms with Gasteiger partial charge in [0.1, 0.15) is 0 Å². The van der Waals surface area contributed by atoms with E-state index in [0.29, 0.717) is 18.9 Å². The minimum absolute atomic E-state index is 0.491. The maximum absolute atomic E-state index is 11.2. The van der Waals surface area contributed by atoms with Crippen LogP contribution in [0.3, 0.4) is 0 Å². The van der Waals surface area contributed by atoms with Crippen molar-refractivity contribution in [3.63, 3.8) is 0 Å². The Kier molecular flexibility index (Phi) is 7.28. The van der Waals surface area contributed by atoms with Crippen LogP contribution in [0.5, 0.6) is 0 Å². The van der Waals surface area contributed by atoms with E-state index >= 15 is 0 Å². The van der Waals surface area contributed by atoms with Crippen molar-refractivity contribution in [2.45, 2.75) is 6.42 Å². The Morgan fingerprint density at radius 3 is 2.58 bits per heavy atom. The number of fused-ring (bicyclic) bond motifs is 1. The van der Waals surface area contributed by atoms with Crippen molar-refractivity contribution in [1.29, 1.82) is 0 Å². The van der Waals surface area contributed by atoms with Gasteiger partial charge < -0.3 is 15.1 Å². The fraction of sp³-hybridized carbons (Fsp3) is 0.308. The van der Waals surface area contributed by atoms with Crippen LogP contribution in [0.1, 0.15) is 5.56 Å². The summed E-state index contributed by atoms with van der Waals surface area (Å²) in [6.45, 7) is 4.73. The number of nitrogens with zero attached hydrogens (tertiary/aromatic N) is 6. The summed E-state index contributed by atoms with van der Waals surface area (Å²) in [6, 6.07) is 20.6. The van der Waals surface area contributed by atoms with E-state index in [4.69, 9.17) is 5.10 Å². The number of nitrogens with one attached hydrogen (secondary N) is 1. The second kappa shape index (κ2) is 10.8. The van der Waals surface area contributed by atoms with Gasteiger partial charge in [0, 0.05) is 56.7 Å². The third kappa shape index (κ3) is 5.57. The highest BCUT2D eigenvalue weighted by molar-refractivity contribution is 7.76. The van der Waals surface area contributed by atoms with Crippen molar-refractivity contribution in [3.05, 3.63) is 72.4 Å². The van der Waals surface area contributed by atoms with Crippen molar-refractivity contribution < 1.29 is 8.76 Å². The first-order valence-electron chi connectivity index (χ1n) is 12.0. The summed E-state index contributed by atoms with van der Waals surface area (Å²) in [6.07, 6.45) is 2.48. The average molecular weight is 506 g/mol. The van der Waals surface area contributed by atoms with E-state index in [1.165, 1.54) is 9.99 Å². The Balaban J connectivity index is 1.32. The SMILES string of the molecule is CN1CCN(c2ccc(Nc3ncc4ccc(-c5cccc(CCN(C)S(=O)O)c5)n4n3)cc2)CC1. The van der Waals surface area contributed by atoms with Gasteiger partial charge in [-0.05, 0) is 61.5 Å². The summed E-state index contributed by atoms with van der Waals surface area (Å²) in [7, 11) is 3.79. The number of hydrogen-bond acceptors (Lipinski definition) is 6. The van der Waals surface area contributed by atoms with Crippen LogP contribution >= 0.6 is 0 Å². The summed E-state index contributed by atoms with van der Waals surface area (Å²) in [4.78, 5) is 9.26. The molecule has 0 bridgehead atoms. The second-order valence-corrected chi connectivity index (χ2v) is 10.2. The monoisotopic (exact) mass is 505 g/mol. The van der Waals surface area contributed by atoms with Gasteiger partial charge in [-0.2, -0.15) is 0 Å². The van der Waals surface area contributed by atoms with Gasteiger partial charge >= 0.3 is 0 Å². The van der Waals surface area contributed by atoms with Crippen molar-refractivity contribution in [1.82, 2.24) is 23.8 Å². The van der Waals surface area contributed by atoms with Gasteiger partial charge in [0.25, 0.3) is 0 Å². The normalized spacial score (nSPS) is 15.5. The van der Waals surface area contributed by atoms with Gasteiger partial charge in [-0.1, -0.05) is 18.2 Å². The molecule has 1 fully saturated rings. The molecule has 4 aromatic rings. The number of aromatic nitrogens is 3. The molecule has 2 aromatic carbocycles. The number of piperazine rings is 1. The summed E-state index contributed by atoms with van der Waals surface area (Å²) in [5, 5.41) is 8.08. The molecule has 0 amide bonds. The third-order valence-corrected chi connectivity index (χ3v) is 7.31. The highest BCUT2D eigenvalue weighted by Gasteiger charge is 2.14. The van der Waals surface area contributed by atoms with E-state index in [1.54, 1.807) is 7.05 Å². The van der Waals surface area contributed by atoms with E-state index in [0.717, 1.165) is 54.2 Å². The van der Waals surface area contributed by atoms with Crippen molar-refractivity contribution in [2.24, 2.45) is 0 Å². The van der Waals surface area contributed by atoms with E-state index < -0.39 is 11.3 Å². The van der Waals surface area contributed by atoms with Crippen LogP contribution in [0.25, 0.3) is 16.8 Å². The molecule has 1 aliphatic rings. The quantitative estimate of drug-likeness (QED) is 0.354. The molecule has 3 heterocycles. The molecule has 1 unspecified atom stereocenters. The Morgan fingerprint density at radius 2 is 1.83 bits per heavy atom. The van der Waals surface area contributed by atoms with E-state index in [2.05, 4.69) is 57.5 Å². The number of benzene rings is 2. The zero-order chi connectivity index (χ0) is 25.1. The molecule has 2 N–H and O–H groups in total. The fourth-order valence-corrected chi connectivity index (χ4v) is 4.63. The first kappa shape index (κ1) is 24.4. The van der Waals surface area contributed by atoms with E-state index in [1.807, 2.05) is 41.0 Å². The molecular formula is C26H31N7O2S. The molecule has 0 radical (unpaired) electrons. The zero-order valence-electron chi connectivity index (χ0n) is 20.5. The maximum atomic E-state index is 11.2. The topological polar surface area (TPSA) is 89.2 Å². The van der Waals surface area contributed by atoms with Crippen molar-refractivity contribution in [3.8, 4) is 11.3 Å². The highest BCUT2D eigenvalue weighted by atomic mass is 32.2. The Morgan fingerprint density at radius 1 is 1.06 bits per heavy atom. The number of hydrogen-bond donors (Lipinski definition) is 2. The lowest BCUT2D eigenvalue weighted by Gasteiger charge is -2.34. The smallest absolute Gasteiger partial charge is 0.245 e. The lowest BCUT2D eigenvalue weighted by Crippen LogP contribution is -2.44. The van der Waals surface area contributed by atoms with E-state index in [9.17, 15) is 8.76 Å². The molecule has 188 valence electrons. The maximum Gasteiger partial charge on any atom is 0.245 e. The van der Waals surface area contributed by atoms with Crippen molar-refractivity contribution >= 4 is 34.1 Å². The predicted octanol–water partition coefficient (Wildman–Crippen LogP) is 3.50. The van der Waals surface area contributed by atoms with Gasteiger partial charge in [-0.3, -0.25) is 4.55 Å². The average Bonchev–Trinajstić information content (AvgIpc) is 3.32. The van der Waals surface area contributed by atoms with Gasteiger partial charge in [-0.25, -0.2) is 18.0 Å². The summed E-state index contributed by atoms with van der Waals surface area (Å²) in [5.74, 6) is 0.524. The minimum Gasteiger partial charge on any atom is -0.369 e. The molecule has 0 spiro atoms. The predicted molar refractivity (Wildman–Crippen MR) is 145 cm³/mol. The summed E-state index contributed by atoms with van der Waals surface area (Å²) < 4.78 is 23.7. The van der Waals surface area contributed by atoms with Crippen LogP contribution in [0.2, 0.25) is 0 Å². The molecule has 5 rings (SSSR count). The second-order valence-electron chi connectivity index (χ2n) is 9.13. The van der Waals surface area contributed by atoms with E-state index in [-0.39, 0.29) is 0 Å². The lowest BCUT2D eigenvalue weighted by atomic mass is 10.1. The molecular weight excluding hydrogens is 474 g/mol. The highest BCUT2D eigenvalue weighted by Crippen LogP contribution is 2.25. The third-order valence-electron chi connectivity index (χ3n) is 6.60. The Hall–Kier alpha value is -3.31. The van der Waals surface area contributed by atoms with Gasteiger partial charge in [0.05, 0.1) is 17.4 Å². The molecule has 1 saturated heterocycles. The number of rotatable bonds is 8. The molecule has 1 atom stereocenters. The molecule has 36 heavy (non-hydrogen) atoms. The summed E-state index contributed by atoms with van der Waals surface area (Å²) in [5.41, 5.74) is 6.15. The van der Waals surface area contributed by atoms with Crippen LogP contribution in [-0.4, -0.2) is 79.4 Å². The molecule has 10 heteroatoms. The van der Waals surface area contributed by atoms with Crippen molar-refractivity contribution in [2.75, 3.05) is 57.0 Å². The van der Waals surface area contributed by atoms with Crippen LogP contribution in [0, 0.1) is 0 Å². The fourth-order valence-electron chi connectivity index (χ4n) is 4.38. The van der Waals surface area contributed by atoms with Gasteiger partial charge in [0.2, 0.25) is 17.2 Å². The molecule has 2 aromatic heterocycles. The molecule has 9 nitrogen and oxygen atoms in total. The van der Waals surface area contributed by atoms with Gasteiger partial charge in [0.15, 0.2) is 0 Å². The first-order valence-corrected chi connectivity index (χ1v) is 13.1. The summed E-state index contributed by atoms with van der Waals surface area (Å²) >= 11 is -1.96. The number of anilines is 3. The standard InChI is InChI=1S/C26H31N7O2S/c1-30-14-16-32(17-15-30)23-8-6-22(7-9-23)28-26-27-19-24-10-11-25(33(24)29-26)21-5-3-4-20(18-21)12-13-31(2)36(34)35/h3-11,18-19H,12-17H2,1-2H3,(H,28,29)(H,34,35). The zero-order valence-corrected chi connectivity index (χ0v) is 21.4. The lowest BCUT2D eigenvalue weighted by molar-refractivity contribution is 0.313. The Bertz CT molecular complexity index is 1350. The molecule has 1 aliphatic heterocycles. The minimum atomic E-state index is -1.96. The number of likely N-dealkylation sites (N-methyl/N-ethyl adjacent to an activating group) is 2.